The summed E-state index contributed by atoms with van der Waals surface area (Å²) in [6.45, 7) is 13.1. The maximum Gasteiger partial charge on any atom is 0.223 e. The van der Waals surface area contributed by atoms with Gasteiger partial charge in [-0.25, -0.2) is 0 Å². The molecule has 1 aliphatic carbocycles. The number of nitrogens with one attached hydrogen (secondary N) is 1. The molecule has 1 N–H and O–H groups in total. The van der Waals surface area contributed by atoms with E-state index in [1.807, 2.05) is 13.8 Å². The first kappa shape index (κ1) is 25.3. The molecular formula is C22H45NO5. The average molecular weight is 404 g/mol. The average Bonchev–Trinajstić information content (AvgIpc) is 2.70. The zero-order chi connectivity index (χ0) is 20.6. The Labute approximate surface area is 173 Å². The van der Waals surface area contributed by atoms with Crippen molar-refractivity contribution in [2.24, 2.45) is 17.8 Å². The van der Waals surface area contributed by atoms with Crippen LogP contribution in [-0.4, -0.2) is 64.8 Å². The van der Waals surface area contributed by atoms with Gasteiger partial charge in [-0.05, 0) is 51.4 Å². The minimum atomic E-state index is 0. The monoisotopic (exact) mass is 403 g/mol. The maximum absolute atomic E-state index is 12.2. The number of hydrogen-bond donors (Lipinski definition) is 1. The molecule has 1 atom stereocenters. The Morgan fingerprint density at radius 2 is 1.43 bits per heavy atom. The van der Waals surface area contributed by atoms with E-state index in [1.165, 1.54) is 19.3 Å². The second kappa shape index (κ2) is 16.1. The van der Waals surface area contributed by atoms with Crippen molar-refractivity contribution in [3.8, 4) is 0 Å². The number of amides is 1. The van der Waals surface area contributed by atoms with Crippen molar-refractivity contribution >= 4 is 5.91 Å². The van der Waals surface area contributed by atoms with Gasteiger partial charge in [0.1, 0.15) is 0 Å². The van der Waals surface area contributed by atoms with Gasteiger partial charge in [0.25, 0.3) is 0 Å². The highest BCUT2D eigenvalue weighted by Gasteiger charge is 2.28. The van der Waals surface area contributed by atoms with Crippen LogP contribution in [0.5, 0.6) is 0 Å². The third-order valence-electron chi connectivity index (χ3n) is 5.56. The van der Waals surface area contributed by atoms with Crippen LogP contribution >= 0.6 is 0 Å². The minimum absolute atomic E-state index is 0. The van der Waals surface area contributed by atoms with Crippen molar-refractivity contribution in [3.63, 3.8) is 0 Å². The van der Waals surface area contributed by atoms with E-state index in [0.29, 0.717) is 52.8 Å². The van der Waals surface area contributed by atoms with Gasteiger partial charge in [0.15, 0.2) is 0 Å². The van der Waals surface area contributed by atoms with Crippen LogP contribution in [0, 0.1) is 17.8 Å². The molecule has 1 aliphatic rings. The summed E-state index contributed by atoms with van der Waals surface area (Å²) < 4.78 is 21.7. The van der Waals surface area contributed by atoms with Gasteiger partial charge in [0, 0.05) is 13.9 Å². The lowest BCUT2D eigenvalue weighted by molar-refractivity contribution is -0.126. The van der Waals surface area contributed by atoms with Gasteiger partial charge < -0.3 is 24.3 Å². The van der Waals surface area contributed by atoms with Crippen LogP contribution in [0.4, 0.5) is 0 Å². The second-order valence-electron chi connectivity index (χ2n) is 8.04. The molecule has 0 spiro atoms. The molecule has 1 saturated carbocycles. The fourth-order valence-corrected chi connectivity index (χ4v) is 3.56. The smallest absolute Gasteiger partial charge is 0.223 e. The van der Waals surface area contributed by atoms with Crippen LogP contribution in [0.3, 0.4) is 0 Å². The number of carbonyl (C=O) groups excluding carboxylic acids is 1. The number of ether oxygens (including phenoxy) is 4. The zero-order valence-electron chi connectivity index (χ0n) is 18.5. The SMILES string of the molecule is CCC(C)C1CCC(C(=O)NCCOCCOCCOCCOC(C)C)CC1.[HH]. The molecule has 1 amide bonds. The molecule has 28 heavy (non-hydrogen) atoms. The summed E-state index contributed by atoms with van der Waals surface area (Å²) >= 11 is 0. The first-order valence-electron chi connectivity index (χ1n) is 11.2. The lowest BCUT2D eigenvalue weighted by atomic mass is 9.75. The molecular weight excluding hydrogens is 358 g/mol. The van der Waals surface area contributed by atoms with E-state index in [-0.39, 0.29) is 19.4 Å². The molecule has 168 valence electrons. The molecule has 6 heteroatoms. The van der Waals surface area contributed by atoms with E-state index in [9.17, 15) is 4.79 Å². The van der Waals surface area contributed by atoms with Crippen molar-refractivity contribution in [2.45, 2.75) is 65.9 Å². The molecule has 0 aromatic carbocycles. The molecule has 1 unspecified atom stereocenters. The Balaban J connectivity index is 0.00000784. The summed E-state index contributed by atoms with van der Waals surface area (Å²) in [4.78, 5) is 12.2. The lowest BCUT2D eigenvalue weighted by Gasteiger charge is -2.31. The highest BCUT2D eigenvalue weighted by molar-refractivity contribution is 5.78. The number of hydrogen-bond acceptors (Lipinski definition) is 5. The first-order valence-corrected chi connectivity index (χ1v) is 11.2. The molecule has 6 nitrogen and oxygen atoms in total. The van der Waals surface area contributed by atoms with E-state index in [1.54, 1.807) is 0 Å². The largest absolute Gasteiger partial charge is 0.377 e. The van der Waals surface area contributed by atoms with Gasteiger partial charge in [-0.15, -0.1) is 0 Å². The molecule has 0 radical (unpaired) electrons. The van der Waals surface area contributed by atoms with Gasteiger partial charge in [-0.2, -0.15) is 0 Å². The van der Waals surface area contributed by atoms with Crippen molar-refractivity contribution in [3.05, 3.63) is 0 Å². The summed E-state index contributed by atoms with van der Waals surface area (Å²) in [5.41, 5.74) is 0. The number of carbonyl (C=O) groups is 1. The molecule has 0 aliphatic heterocycles. The van der Waals surface area contributed by atoms with E-state index in [2.05, 4.69) is 19.2 Å². The highest BCUT2D eigenvalue weighted by atomic mass is 16.6. The fraction of sp³-hybridized carbons (Fsp3) is 0.955. The molecule has 0 bridgehead atoms. The van der Waals surface area contributed by atoms with Gasteiger partial charge in [0.2, 0.25) is 5.91 Å². The van der Waals surface area contributed by atoms with Crippen LogP contribution in [0.25, 0.3) is 0 Å². The minimum Gasteiger partial charge on any atom is -0.377 e. The van der Waals surface area contributed by atoms with Crippen LogP contribution in [0.2, 0.25) is 0 Å². The fourth-order valence-electron chi connectivity index (χ4n) is 3.56. The van der Waals surface area contributed by atoms with Crippen LogP contribution in [0.15, 0.2) is 0 Å². The van der Waals surface area contributed by atoms with Crippen LogP contribution in [0.1, 0.15) is 61.2 Å². The molecule has 1 fully saturated rings. The van der Waals surface area contributed by atoms with Gasteiger partial charge in [-0.1, -0.05) is 20.3 Å². The topological polar surface area (TPSA) is 66.0 Å². The third kappa shape index (κ3) is 12.0. The van der Waals surface area contributed by atoms with Gasteiger partial charge in [-0.3, -0.25) is 4.79 Å². The summed E-state index contributed by atoms with van der Waals surface area (Å²) in [5.74, 6) is 1.97. The zero-order valence-corrected chi connectivity index (χ0v) is 18.5. The lowest BCUT2D eigenvalue weighted by Crippen LogP contribution is -2.35. The summed E-state index contributed by atoms with van der Waals surface area (Å²) in [5, 5.41) is 3.01. The predicted molar refractivity (Wildman–Crippen MR) is 114 cm³/mol. The molecule has 0 saturated heterocycles. The van der Waals surface area contributed by atoms with E-state index in [0.717, 1.165) is 24.7 Å². The van der Waals surface area contributed by atoms with Crippen molar-refractivity contribution in [1.82, 2.24) is 5.32 Å². The molecule has 1 rings (SSSR count). The van der Waals surface area contributed by atoms with Crippen molar-refractivity contribution in [2.75, 3.05) is 52.8 Å². The van der Waals surface area contributed by atoms with Gasteiger partial charge >= 0.3 is 0 Å². The highest BCUT2D eigenvalue weighted by Crippen LogP contribution is 2.34. The molecule has 0 aromatic rings. The second-order valence-corrected chi connectivity index (χ2v) is 8.04. The number of rotatable bonds is 16. The van der Waals surface area contributed by atoms with Crippen LogP contribution < -0.4 is 5.32 Å². The Kier molecular flexibility index (Phi) is 14.6. The Morgan fingerprint density at radius 1 is 0.893 bits per heavy atom. The summed E-state index contributed by atoms with van der Waals surface area (Å²) in [6, 6.07) is 0. The van der Waals surface area contributed by atoms with E-state index >= 15 is 0 Å². The Morgan fingerprint density at radius 3 is 1.96 bits per heavy atom. The third-order valence-corrected chi connectivity index (χ3v) is 5.56. The maximum atomic E-state index is 12.2. The van der Waals surface area contributed by atoms with Crippen LogP contribution in [-0.2, 0) is 23.7 Å². The predicted octanol–water partition coefficient (Wildman–Crippen LogP) is 3.68. The van der Waals surface area contributed by atoms with Crippen molar-refractivity contribution in [1.29, 1.82) is 0 Å². The normalized spacial score (nSPS) is 21.0. The molecule has 0 heterocycles. The first-order chi connectivity index (χ1) is 13.5. The standard InChI is InChI=1S/C22H43NO5.H2/c1-5-19(4)20-6-8-21(9-7-20)22(24)23-10-11-25-12-13-26-14-15-27-16-17-28-18(2)3;/h18-21H,5-17H2,1-4H3,(H,23,24);1H. The summed E-state index contributed by atoms with van der Waals surface area (Å²) in [6.07, 6.45) is 5.92. The van der Waals surface area contributed by atoms with Crippen molar-refractivity contribution < 1.29 is 25.2 Å². The Hall–Kier alpha value is -0.690. The van der Waals surface area contributed by atoms with Gasteiger partial charge in [0.05, 0.1) is 52.4 Å². The quantitative estimate of drug-likeness (QED) is 0.398. The Bertz CT molecular complexity index is 389. The molecule has 0 aromatic heterocycles. The summed E-state index contributed by atoms with van der Waals surface area (Å²) in [7, 11) is 0. The van der Waals surface area contributed by atoms with E-state index < -0.39 is 0 Å². The van der Waals surface area contributed by atoms with E-state index in [4.69, 9.17) is 18.9 Å².